The highest BCUT2D eigenvalue weighted by molar-refractivity contribution is 4.86. The predicted molar refractivity (Wildman–Crippen MR) is 62.8 cm³/mol. The molecule has 4 heteroatoms. The van der Waals surface area contributed by atoms with Crippen LogP contribution in [-0.4, -0.2) is 32.2 Å². The zero-order valence-corrected chi connectivity index (χ0v) is 11.0. The Morgan fingerprint density at radius 2 is 1.88 bits per heavy atom. The molecule has 5 atom stereocenters. The first-order valence-corrected chi connectivity index (χ1v) is 6.21. The van der Waals surface area contributed by atoms with Gasteiger partial charge in [-0.05, 0) is 19.3 Å². The molecule has 0 bridgehead atoms. The van der Waals surface area contributed by atoms with Gasteiger partial charge in [-0.2, -0.15) is 5.48 Å². The minimum Gasteiger partial charge on any atom is -0.378 e. The van der Waals surface area contributed by atoms with Gasteiger partial charge in [0.05, 0.1) is 18.8 Å². The van der Waals surface area contributed by atoms with Gasteiger partial charge in [0.15, 0.2) is 0 Å². The van der Waals surface area contributed by atoms with E-state index in [1.54, 1.807) is 7.11 Å². The molecule has 0 aromatic heterocycles. The Kier molecular flexibility index (Phi) is 5.69. The fraction of sp³-hybridized carbons (Fsp3) is 1.00. The minimum absolute atomic E-state index is 0.0358. The van der Waals surface area contributed by atoms with Gasteiger partial charge < -0.3 is 9.47 Å². The Hall–Kier alpha value is -0.160. The van der Waals surface area contributed by atoms with E-state index in [0.717, 1.165) is 6.42 Å². The first kappa shape index (κ1) is 13.9. The summed E-state index contributed by atoms with van der Waals surface area (Å²) in [4.78, 5) is 5.24. The Morgan fingerprint density at radius 3 is 2.38 bits per heavy atom. The van der Waals surface area contributed by atoms with E-state index in [1.807, 2.05) is 6.92 Å². The fourth-order valence-corrected chi connectivity index (χ4v) is 2.30. The largest absolute Gasteiger partial charge is 0.378 e. The average molecular weight is 231 g/mol. The highest BCUT2D eigenvalue weighted by atomic mass is 16.7. The molecule has 1 rings (SSSR count). The van der Waals surface area contributed by atoms with Gasteiger partial charge in [0.1, 0.15) is 6.23 Å². The number of hydroxylamine groups is 1. The standard InChI is InChI=1S/C12H25NO3/c1-6-10-11(14-5)8(3)9(4)12(16-10)13-15-7-2/h8-13H,6-7H2,1-5H3. The van der Waals surface area contributed by atoms with E-state index in [9.17, 15) is 0 Å². The molecule has 0 saturated carbocycles. The van der Waals surface area contributed by atoms with Crippen molar-refractivity contribution in [3.05, 3.63) is 0 Å². The average Bonchev–Trinajstić information content (AvgIpc) is 2.30. The molecule has 0 amide bonds. The van der Waals surface area contributed by atoms with Crippen molar-refractivity contribution in [3.63, 3.8) is 0 Å². The molecule has 0 aromatic rings. The zero-order chi connectivity index (χ0) is 12.1. The first-order valence-electron chi connectivity index (χ1n) is 6.21. The SMILES string of the molecule is CCONC1OC(CC)C(OC)C(C)C1C. The molecule has 1 aliphatic heterocycles. The molecule has 0 aromatic carbocycles. The van der Waals surface area contributed by atoms with Crippen molar-refractivity contribution >= 4 is 0 Å². The Labute approximate surface area is 98.6 Å². The number of ether oxygens (including phenoxy) is 2. The van der Waals surface area contributed by atoms with Crippen molar-refractivity contribution in [3.8, 4) is 0 Å². The normalized spacial score (nSPS) is 39.9. The minimum atomic E-state index is -0.0358. The lowest BCUT2D eigenvalue weighted by Crippen LogP contribution is -2.54. The van der Waals surface area contributed by atoms with Crippen molar-refractivity contribution < 1.29 is 14.3 Å². The Balaban J connectivity index is 2.63. The van der Waals surface area contributed by atoms with Crippen LogP contribution in [-0.2, 0) is 14.3 Å². The molecule has 4 nitrogen and oxygen atoms in total. The lowest BCUT2D eigenvalue weighted by molar-refractivity contribution is -0.220. The number of hydrogen-bond acceptors (Lipinski definition) is 4. The Morgan fingerprint density at radius 1 is 1.19 bits per heavy atom. The zero-order valence-electron chi connectivity index (χ0n) is 11.0. The van der Waals surface area contributed by atoms with Gasteiger partial charge in [-0.1, -0.05) is 20.8 Å². The second kappa shape index (κ2) is 6.55. The second-order valence-electron chi connectivity index (χ2n) is 4.47. The molecule has 0 spiro atoms. The summed E-state index contributed by atoms with van der Waals surface area (Å²) in [6.07, 6.45) is 1.25. The first-order chi connectivity index (χ1) is 7.65. The van der Waals surface area contributed by atoms with Gasteiger partial charge in [-0.15, -0.1) is 0 Å². The molecule has 1 saturated heterocycles. The van der Waals surface area contributed by atoms with Gasteiger partial charge in [-0.3, -0.25) is 4.84 Å². The summed E-state index contributed by atoms with van der Waals surface area (Å²) in [5.41, 5.74) is 2.98. The third-order valence-electron chi connectivity index (χ3n) is 3.53. The maximum Gasteiger partial charge on any atom is 0.133 e. The molecule has 96 valence electrons. The van der Waals surface area contributed by atoms with E-state index in [4.69, 9.17) is 14.3 Å². The van der Waals surface area contributed by atoms with Crippen LogP contribution in [0.5, 0.6) is 0 Å². The molecule has 5 unspecified atom stereocenters. The molecule has 0 radical (unpaired) electrons. The maximum atomic E-state index is 5.96. The van der Waals surface area contributed by atoms with Crippen LogP contribution in [0.2, 0.25) is 0 Å². The maximum absolute atomic E-state index is 5.96. The monoisotopic (exact) mass is 231 g/mol. The summed E-state index contributed by atoms with van der Waals surface area (Å²) >= 11 is 0. The molecule has 1 N–H and O–H groups in total. The van der Waals surface area contributed by atoms with Crippen molar-refractivity contribution in [2.45, 2.75) is 52.6 Å². The van der Waals surface area contributed by atoms with Crippen LogP contribution in [0.4, 0.5) is 0 Å². The number of hydrogen-bond donors (Lipinski definition) is 1. The van der Waals surface area contributed by atoms with Gasteiger partial charge in [0.25, 0.3) is 0 Å². The molecule has 16 heavy (non-hydrogen) atoms. The Bertz CT molecular complexity index is 199. The highest BCUT2D eigenvalue weighted by Crippen LogP contribution is 2.32. The summed E-state index contributed by atoms with van der Waals surface area (Å²) in [6.45, 7) is 9.10. The molecular formula is C12H25NO3. The fourth-order valence-electron chi connectivity index (χ4n) is 2.30. The van der Waals surface area contributed by atoms with E-state index in [-0.39, 0.29) is 18.4 Å². The van der Waals surface area contributed by atoms with Crippen molar-refractivity contribution in [2.75, 3.05) is 13.7 Å². The quantitative estimate of drug-likeness (QED) is 0.734. The third-order valence-corrected chi connectivity index (χ3v) is 3.53. The van der Waals surface area contributed by atoms with Crippen molar-refractivity contribution in [1.82, 2.24) is 5.48 Å². The van der Waals surface area contributed by atoms with Crippen LogP contribution in [0.1, 0.15) is 34.1 Å². The second-order valence-corrected chi connectivity index (χ2v) is 4.47. The van der Waals surface area contributed by atoms with E-state index in [2.05, 4.69) is 26.3 Å². The van der Waals surface area contributed by atoms with Crippen LogP contribution in [0.3, 0.4) is 0 Å². The molecule has 1 heterocycles. The number of methoxy groups -OCH3 is 1. The van der Waals surface area contributed by atoms with Crippen molar-refractivity contribution in [2.24, 2.45) is 11.8 Å². The molecule has 1 aliphatic rings. The van der Waals surface area contributed by atoms with Crippen molar-refractivity contribution in [1.29, 1.82) is 0 Å². The lowest BCUT2D eigenvalue weighted by Gasteiger charge is -2.43. The van der Waals surface area contributed by atoms with Crippen LogP contribution >= 0.6 is 0 Å². The summed E-state index contributed by atoms with van der Waals surface area (Å²) < 4.78 is 11.5. The van der Waals surface area contributed by atoms with Gasteiger partial charge in [0, 0.05) is 13.0 Å². The van der Waals surface area contributed by atoms with Gasteiger partial charge in [-0.25, -0.2) is 0 Å². The summed E-state index contributed by atoms with van der Waals surface area (Å²) in [6, 6.07) is 0. The predicted octanol–water partition coefficient (Wildman–Crippen LogP) is 1.95. The number of nitrogens with one attached hydrogen (secondary N) is 1. The van der Waals surface area contributed by atoms with E-state index in [1.165, 1.54) is 0 Å². The van der Waals surface area contributed by atoms with Gasteiger partial charge >= 0.3 is 0 Å². The van der Waals surface area contributed by atoms with Crippen LogP contribution in [0, 0.1) is 11.8 Å². The van der Waals surface area contributed by atoms with Crippen LogP contribution in [0.15, 0.2) is 0 Å². The smallest absolute Gasteiger partial charge is 0.133 e. The third kappa shape index (κ3) is 2.94. The van der Waals surface area contributed by atoms with E-state index in [0.29, 0.717) is 18.4 Å². The molecule has 0 aliphatic carbocycles. The van der Waals surface area contributed by atoms with Gasteiger partial charge in [0.2, 0.25) is 0 Å². The van der Waals surface area contributed by atoms with E-state index < -0.39 is 0 Å². The van der Waals surface area contributed by atoms with Crippen LogP contribution in [0.25, 0.3) is 0 Å². The van der Waals surface area contributed by atoms with E-state index >= 15 is 0 Å². The lowest BCUT2D eigenvalue weighted by atomic mass is 9.83. The summed E-state index contributed by atoms with van der Waals surface area (Å²) in [5, 5.41) is 0. The highest BCUT2D eigenvalue weighted by Gasteiger charge is 2.40. The topological polar surface area (TPSA) is 39.7 Å². The summed E-state index contributed by atoms with van der Waals surface area (Å²) in [7, 11) is 1.76. The van der Waals surface area contributed by atoms with Crippen LogP contribution < -0.4 is 5.48 Å². The summed E-state index contributed by atoms with van der Waals surface area (Å²) in [5.74, 6) is 0.834. The number of rotatable bonds is 5. The molecular weight excluding hydrogens is 206 g/mol. The molecule has 1 fully saturated rings.